The molecule has 1 unspecified atom stereocenters. The lowest BCUT2D eigenvalue weighted by atomic mass is 9.44. The summed E-state index contributed by atoms with van der Waals surface area (Å²) in [6.45, 7) is 5.46. The van der Waals surface area contributed by atoms with Crippen molar-refractivity contribution in [3.05, 3.63) is 11.6 Å². The number of esters is 1. The van der Waals surface area contributed by atoms with E-state index in [1.54, 1.807) is 6.08 Å². The van der Waals surface area contributed by atoms with Gasteiger partial charge >= 0.3 is 5.97 Å². The molecule has 0 aliphatic heterocycles. The van der Waals surface area contributed by atoms with E-state index in [0.717, 1.165) is 31.3 Å². The molecular formula is C35H56O7. The van der Waals surface area contributed by atoms with Crippen LogP contribution in [0.3, 0.4) is 0 Å². The number of rotatable bonds is 15. The van der Waals surface area contributed by atoms with E-state index in [1.807, 2.05) is 13.8 Å². The fraction of sp³-hybridized carbons (Fsp3) is 0.857. The molecule has 0 bridgehead atoms. The van der Waals surface area contributed by atoms with E-state index in [0.29, 0.717) is 19.3 Å². The fourth-order valence-electron chi connectivity index (χ4n) is 9.61. The summed E-state index contributed by atoms with van der Waals surface area (Å²) in [5.41, 5.74) is -2.21. The van der Waals surface area contributed by atoms with Gasteiger partial charge in [0.15, 0.2) is 11.6 Å². The summed E-state index contributed by atoms with van der Waals surface area (Å²) >= 11 is 0. The minimum absolute atomic E-state index is 0.00454. The van der Waals surface area contributed by atoms with Crippen LogP contribution in [0.15, 0.2) is 11.6 Å². The second-order valence-corrected chi connectivity index (χ2v) is 14.4. The van der Waals surface area contributed by atoms with Gasteiger partial charge in [0.25, 0.3) is 0 Å². The zero-order valence-corrected chi connectivity index (χ0v) is 26.4. The van der Waals surface area contributed by atoms with Crippen LogP contribution in [0.2, 0.25) is 0 Å². The standard InChI is InChI=1S/C35H56O7/c1-4-5-6-7-8-9-10-11-12-13-14-15-31(40)42-30-21-25(37)20-24-16-17-26-27-18-19-35(41,29(39)23-36)33(27,2)22-28(38)32(26)34(24,30)3/h20,26-28,30,32,36,38,41H,4-19,21-23H2,1-3H3/t26-,27-,28-,30?,32+,33-,34+,35-/m0/s1. The zero-order chi connectivity index (χ0) is 30.5. The second-order valence-electron chi connectivity index (χ2n) is 14.4. The molecule has 0 heterocycles. The molecule has 3 fully saturated rings. The highest BCUT2D eigenvalue weighted by atomic mass is 16.5. The highest BCUT2D eigenvalue weighted by molar-refractivity contribution is 5.92. The Kier molecular flexibility index (Phi) is 11.1. The summed E-state index contributed by atoms with van der Waals surface area (Å²) in [6, 6.07) is 0. The molecule has 0 aromatic rings. The Morgan fingerprint density at radius 1 is 0.976 bits per heavy atom. The number of ketones is 2. The molecule has 0 radical (unpaired) electrons. The van der Waals surface area contributed by atoms with Gasteiger partial charge in [-0.1, -0.05) is 90.6 Å². The number of hydrogen-bond donors (Lipinski definition) is 3. The number of Topliss-reactive ketones (excluding diaryl/α,β-unsaturated/α-hetero) is 1. The van der Waals surface area contributed by atoms with Gasteiger partial charge < -0.3 is 20.1 Å². The van der Waals surface area contributed by atoms with E-state index in [9.17, 15) is 29.7 Å². The maximum atomic E-state index is 13.1. The Balaban J connectivity index is 1.36. The van der Waals surface area contributed by atoms with Gasteiger partial charge in [-0.2, -0.15) is 0 Å². The van der Waals surface area contributed by atoms with Gasteiger partial charge in [-0.25, -0.2) is 0 Å². The van der Waals surface area contributed by atoms with E-state index >= 15 is 0 Å². The predicted octanol–water partition coefficient (Wildman–Crippen LogP) is 6.00. The lowest BCUT2D eigenvalue weighted by Crippen LogP contribution is -2.64. The highest BCUT2D eigenvalue weighted by Gasteiger charge is 2.69. The van der Waals surface area contributed by atoms with Crippen LogP contribution in [0.5, 0.6) is 0 Å². The lowest BCUT2D eigenvalue weighted by Gasteiger charge is -2.61. The number of hydrogen-bond acceptors (Lipinski definition) is 7. The normalized spacial score (nSPS) is 37.4. The van der Waals surface area contributed by atoms with Crippen molar-refractivity contribution in [2.24, 2.45) is 28.6 Å². The first-order valence-electron chi connectivity index (χ1n) is 17.0. The second kappa shape index (κ2) is 14.0. The molecule has 3 N–H and O–H groups in total. The first-order valence-corrected chi connectivity index (χ1v) is 17.0. The highest BCUT2D eigenvalue weighted by Crippen LogP contribution is 2.67. The van der Waals surface area contributed by atoms with Crippen LogP contribution in [0, 0.1) is 28.6 Å². The number of aliphatic hydroxyl groups excluding tert-OH is 2. The largest absolute Gasteiger partial charge is 0.461 e. The van der Waals surface area contributed by atoms with Crippen molar-refractivity contribution in [2.45, 2.75) is 154 Å². The molecule has 238 valence electrons. The van der Waals surface area contributed by atoms with Crippen molar-refractivity contribution in [3.63, 3.8) is 0 Å². The molecule has 4 aliphatic rings. The van der Waals surface area contributed by atoms with E-state index in [-0.39, 0.29) is 48.8 Å². The Bertz CT molecular complexity index is 1010. The van der Waals surface area contributed by atoms with Crippen LogP contribution in [-0.4, -0.2) is 57.3 Å². The molecule has 7 nitrogen and oxygen atoms in total. The molecule has 0 amide bonds. The van der Waals surface area contributed by atoms with Crippen LogP contribution in [-0.2, 0) is 19.1 Å². The van der Waals surface area contributed by atoms with Gasteiger partial charge in [-0.15, -0.1) is 0 Å². The lowest BCUT2D eigenvalue weighted by molar-refractivity contribution is -0.197. The third kappa shape index (κ3) is 6.30. The molecule has 4 aliphatic carbocycles. The molecule has 8 atom stereocenters. The number of ether oxygens (including phenoxy) is 1. The molecule has 0 spiro atoms. The van der Waals surface area contributed by atoms with Crippen molar-refractivity contribution >= 4 is 17.5 Å². The Labute approximate surface area is 252 Å². The number of carbonyl (C=O) groups is 3. The number of carbonyl (C=O) groups excluding carboxylic acids is 3. The van der Waals surface area contributed by atoms with Crippen molar-refractivity contribution in [1.29, 1.82) is 0 Å². The molecule has 0 saturated heterocycles. The number of fused-ring (bicyclic) bond motifs is 5. The van der Waals surface area contributed by atoms with E-state index in [1.165, 1.54) is 51.4 Å². The minimum atomic E-state index is -1.65. The average molecular weight is 589 g/mol. The van der Waals surface area contributed by atoms with Crippen LogP contribution >= 0.6 is 0 Å². The van der Waals surface area contributed by atoms with E-state index in [2.05, 4.69) is 6.92 Å². The van der Waals surface area contributed by atoms with Crippen molar-refractivity contribution in [2.75, 3.05) is 6.61 Å². The monoisotopic (exact) mass is 588 g/mol. The minimum Gasteiger partial charge on any atom is -0.461 e. The number of unbranched alkanes of at least 4 members (excludes halogenated alkanes) is 10. The summed E-state index contributed by atoms with van der Waals surface area (Å²) in [7, 11) is 0. The topological polar surface area (TPSA) is 121 Å². The van der Waals surface area contributed by atoms with Crippen LogP contribution in [0.1, 0.15) is 136 Å². The maximum Gasteiger partial charge on any atom is 0.306 e. The van der Waals surface area contributed by atoms with Crippen LogP contribution in [0.4, 0.5) is 0 Å². The number of aliphatic hydroxyl groups is 3. The van der Waals surface area contributed by atoms with Gasteiger partial charge in [0.1, 0.15) is 18.3 Å². The zero-order valence-electron chi connectivity index (χ0n) is 26.4. The quantitative estimate of drug-likeness (QED) is 0.158. The summed E-state index contributed by atoms with van der Waals surface area (Å²) in [5, 5.41) is 32.8. The fourth-order valence-corrected chi connectivity index (χ4v) is 9.61. The first-order chi connectivity index (χ1) is 20.0. The third-order valence-electron chi connectivity index (χ3n) is 12.0. The smallest absolute Gasteiger partial charge is 0.306 e. The molecule has 42 heavy (non-hydrogen) atoms. The van der Waals surface area contributed by atoms with Gasteiger partial charge in [0.2, 0.25) is 0 Å². The summed E-state index contributed by atoms with van der Waals surface area (Å²) in [5.74, 6) is -1.11. The van der Waals surface area contributed by atoms with Crippen LogP contribution < -0.4 is 0 Å². The predicted molar refractivity (Wildman–Crippen MR) is 161 cm³/mol. The first kappa shape index (κ1) is 33.3. The molecule has 4 rings (SSSR count). The summed E-state index contributed by atoms with van der Waals surface area (Å²) in [6.07, 6.45) is 16.5. The molecule has 7 heteroatoms. The van der Waals surface area contributed by atoms with Crippen LogP contribution in [0.25, 0.3) is 0 Å². The van der Waals surface area contributed by atoms with Crippen molar-refractivity contribution in [3.8, 4) is 0 Å². The summed E-state index contributed by atoms with van der Waals surface area (Å²) < 4.78 is 6.11. The van der Waals surface area contributed by atoms with E-state index in [4.69, 9.17) is 4.74 Å². The van der Waals surface area contributed by atoms with Gasteiger partial charge in [-0.05, 0) is 56.4 Å². The van der Waals surface area contributed by atoms with Crippen molar-refractivity contribution in [1.82, 2.24) is 0 Å². The van der Waals surface area contributed by atoms with Gasteiger partial charge in [0, 0.05) is 29.6 Å². The van der Waals surface area contributed by atoms with Crippen molar-refractivity contribution < 1.29 is 34.4 Å². The Morgan fingerprint density at radius 3 is 2.21 bits per heavy atom. The third-order valence-corrected chi connectivity index (χ3v) is 12.0. The molecular weight excluding hydrogens is 532 g/mol. The Morgan fingerprint density at radius 2 is 1.60 bits per heavy atom. The maximum absolute atomic E-state index is 13.1. The molecule has 0 aromatic heterocycles. The molecule has 3 saturated carbocycles. The average Bonchev–Trinajstić information content (AvgIpc) is 3.22. The summed E-state index contributed by atoms with van der Waals surface area (Å²) in [4.78, 5) is 38.5. The van der Waals surface area contributed by atoms with E-state index < -0.39 is 41.0 Å². The molecule has 0 aromatic carbocycles. The SMILES string of the molecule is CCCCCCCCCCCCCC(=O)OC1CC(=O)C=C2CC[C@@H]3[C@H]([C@@H](O)C[C@@]4(C)[C@H]3CC[C@]4(O)C(=O)CO)[C@]21C. The van der Waals surface area contributed by atoms with Gasteiger partial charge in [0.05, 0.1) is 6.10 Å². The Hall–Kier alpha value is -1.57. The van der Waals surface area contributed by atoms with Gasteiger partial charge in [-0.3, -0.25) is 14.4 Å².